The van der Waals surface area contributed by atoms with Crippen molar-refractivity contribution in [3.63, 3.8) is 0 Å². The monoisotopic (exact) mass is 200 g/mol. The standard InChI is InChI=1S/C12H24O2/c1-9-6-10(2,3)8-12(14,7-9)11(4,5)13/h9,13-14H,6-8H2,1-5H3. The van der Waals surface area contributed by atoms with E-state index in [1.807, 2.05) is 0 Å². The van der Waals surface area contributed by atoms with Crippen molar-refractivity contribution >= 4 is 0 Å². The summed E-state index contributed by atoms with van der Waals surface area (Å²) in [5.74, 6) is 0.482. The van der Waals surface area contributed by atoms with Crippen LogP contribution in [0, 0.1) is 11.3 Å². The van der Waals surface area contributed by atoms with Gasteiger partial charge in [0.2, 0.25) is 0 Å². The van der Waals surface area contributed by atoms with Crippen molar-refractivity contribution < 1.29 is 10.2 Å². The van der Waals surface area contributed by atoms with E-state index >= 15 is 0 Å². The first-order valence-corrected chi connectivity index (χ1v) is 5.51. The summed E-state index contributed by atoms with van der Waals surface area (Å²) in [4.78, 5) is 0. The van der Waals surface area contributed by atoms with E-state index in [4.69, 9.17) is 0 Å². The van der Waals surface area contributed by atoms with E-state index in [9.17, 15) is 10.2 Å². The first-order chi connectivity index (χ1) is 6.06. The Labute approximate surface area is 87.3 Å². The Bertz CT molecular complexity index is 215. The highest BCUT2D eigenvalue weighted by Crippen LogP contribution is 2.47. The van der Waals surface area contributed by atoms with E-state index in [-0.39, 0.29) is 5.41 Å². The fourth-order valence-corrected chi connectivity index (χ4v) is 2.99. The van der Waals surface area contributed by atoms with Gasteiger partial charge in [-0.3, -0.25) is 0 Å². The summed E-state index contributed by atoms with van der Waals surface area (Å²) in [6, 6.07) is 0. The summed E-state index contributed by atoms with van der Waals surface area (Å²) in [6.45, 7) is 9.90. The lowest BCUT2D eigenvalue weighted by Crippen LogP contribution is -2.56. The number of hydrogen-bond donors (Lipinski definition) is 2. The van der Waals surface area contributed by atoms with Crippen LogP contribution in [0.25, 0.3) is 0 Å². The molecule has 84 valence electrons. The maximum atomic E-state index is 10.5. The quantitative estimate of drug-likeness (QED) is 0.682. The number of rotatable bonds is 1. The van der Waals surface area contributed by atoms with Gasteiger partial charge < -0.3 is 10.2 Å². The van der Waals surface area contributed by atoms with E-state index < -0.39 is 11.2 Å². The van der Waals surface area contributed by atoms with Gasteiger partial charge >= 0.3 is 0 Å². The zero-order valence-electron chi connectivity index (χ0n) is 10.1. The van der Waals surface area contributed by atoms with Crippen LogP contribution < -0.4 is 0 Å². The highest BCUT2D eigenvalue weighted by molar-refractivity contribution is 5.01. The molecule has 1 aliphatic rings. The van der Waals surface area contributed by atoms with Crippen LogP contribution in [-0.4, -0.2) is 21.4 Å². The topological polar surface area (TPSA) is 40.5 Å². The SMILES string of the molecule is CC1CC(C)(C)CC(O)(C(C)(C)O)C1. The average molecular weight is 200 g/mol. The van der Waals surface area contributed by atoms with Crippen molar-refractivity contribution in [1.29, 1.82) is 0 Å². The lowest BCUT2D eigenvalue weighted by molar-refractivity contribution is -0.177. The van der Waals surface area contributed by atoms with Gasteiger partial charge in [-0.1, -0.05) is 20.8 Å². The van der Waals surface area contributed by atoms with E-state index in [0.717, 1.165) is 6.42 Å². The fourth-order valence-electron chi connectivity index (χ4n) is 2.99. The molecule has 0 radical (unpaired) electrons. The molecule has 1 aliphatic carbocycles. The van der Waals surface area contributed by atoms with Crippen molar-refractivity contribution in [2.24, 2.45) is 11.3 Å². The minimum absolute atomic E-state index is 0.131. The molecule has 2 nitrogen and oxygen atoms in total. The zero-order valence-corrected chi connectivity index (χ0v) is 10.1. The molecule has 0 spiro atoms. The second kappa shape index (κ2) is 3.21. The largest absolute Gasteiger partial charge is 0.387 e. The molecule has 1 rings (SSSR count). The Hall–Kier alpha value is -0.0800. The van der Waals surface area contributed by atoms with Gasteiger partial charge in [-0.25, -0.2) is 0 Å². The molecular formula is C12H24O2. The lowest BCUT2D eigenvalue weighted by Gasteiger charge is -2.50. The summed E-state index contributed by atoms with van der Waals surface area (Å²) < 4.78 is 0. The lowest BCUT2D eigenvalue weighted by atomic mass is 9.61. The van der Waals surface area contributed by atoms with Crippen molar-refractivity contribution in [2.75, 3.05) is 0 Å². The van der Waals surface area contributed by atoms with Crippen LogP contribution in [0.3, 0.4) is 0 Å². The van der Waals surface area contributed by atoms with E-state index in [1.165, 1.54) is 0 Å². The highest BCUT2D eigenvalue weighted by atomic mass is 16.4. The second-order valence-electron chi connectivity index (χ2n) is 6.45. The van der Waals surface area contributed by atoms with Crippen LogP contribution in [0.2, 0.25) is 0 Å². The normalized spacial score (nSPS) is 38.4. The molecule has 1 saturated carbocycles. The van der Waals surface area contributed by atoms with Gasteiger partial charge in [0.1, 0.15) is 0 Å². The van der Waals surface area contributed by atoms with Gasteiger partial charge in [0.15, 0.2) is 0 Å². The molecular weight excluding hydrogens is 176 g/mol. The Morgan fingerprint density at radius 1 is 1.21 bits per heavy atom. The summed E-state index contributed by atoms with van der Waals surface area (Å²) in [6.07, 6.45) is 2.53. The van der Waals surface area contributed by atoms with Crippen LogP contribution >= 0.6 is 0 Å². The van der Waals surface area contributed by atoms with E-state index in [2.05, 4.69) is 20.8 Å². The van der Waals surface area contributed by atoms with Crippen LogP contribution in [0.15, 0.2) is 0 Å². The van der Waals surface area contributed by atoms with Crippen molar-refractivity contribution in [3.8, 4) is 0 Å². The third-order valence-electron chi connectivity index (χ3n) is 3.50. The summed E-state index contributed by atoms with van der Waals surface area (Å²) in [7, 11) is 0. The second-order valence-corrected chi connectivity index (χ2v) is 6.45. The number of aliphatic hydroxyl groups is 2. The molecule has 0 aromatic carbocycles. The van der Waals surface area contributed by atoms with Crippen molar-refractivity contribution in [3.05, 3.63) is 0 Å². The Kier molecular flexibility index (Phi) is 2.75. The first-order valence-electron chi connectivity index (χ1n) is 5.51. The van der Waals surface area contributed by atoms with Gasteiger partial charge in [-0.2, -0.15) is 0 Å². The smallest absolute Gasteiger partial charge is 0.0935 e. The molecule has 0 aromatic rings. The van der Waals surface area contributed by atoms with Crippen LogP contribution in [-0.2, 0) is 0 Å². The van der Waals surface area contributed by atoms with Crippen molar-refractivity contribution in [1.82, 2.24) is 0 Å². The molecule has 2 heteroatoms. The third kappa shape index (κ3) is 2.29. The Morgan fingerprint density at radius 2 is 1.71 bits per heavy atom. The molecule has 0 bridgehead atoms. The summed E-state index contributed by atoms with van der Waals surface area (Å²) in [5, 5.41) is 20.5. The first kappa shape index (κ1) is 12.0. The van der Waals surface area contributed by atoms with Gasteiger partial charge in [0.05, 0.1) is 11.2 Å². The van der Waals surface area contributed by atoms with Crippen LogP contribution in [0.4, 0.5) is 0 Å². The van der Waals surface area contributed by atoms with E-state index in [0.29, 0.717) is 18.8 Å². The molecule has 0 heterocycles. The molecule has 2 N–H and O–H groups in total. The molecule has 2 atom stereocenters. The van der Waals surface area contributed by atoms with Crippen LogP contribution in [0.1, 0.15) is 53.9 Å². The third-order valence-corrected chi connectivity index (χ3v) is 3.50. The number of hydrogen-bond acceptors (Lipinski definition) is 2. The summed E-state index contributed by atoms with van der Waals surface area (Å²) >= 11 is 0. The average Bonchev–Trinajstić information content (AvgIpc) is 1.76. The van der Waals surface area contributed by atoms with E-state index in [1.54, 1.807) is 13.8 Å². The fraction of sp³-hybridized carbons (Fsp3) is 1.00. The van der Waals surface area contributed by atoms with Crippen LogP contribution in [0.5, 0.6) is 0 Å². The van der Waals surface area contributed by atoms with Gasteiger partial charge in [0, 0.05) is 0 Å². The molecule has 0 aliphatic heterocycles. The molecule has 0 aromatic heterocycles. The molecule has 0 saturated heterocycles. The minimum Gasteiger partial charge on any atom is -0.387 e. The molecule has 0 amide bonds. The predicted molar refractivity (Wildman–Crippen MR) is 58.0 cm³/mol. The minimum atomic E-state index is -1.00. The highest BCUT2D eigenvalue weighted by Gasteiger charge is 2.49. The molecule has 2 unspecified atom stereocenters. The maximum Gasteiger partial charge on any atom is 0.0935 e. The van der Waals surface area contributed by atoms with Gasteiger partial charge in [0.25, 0.3) is 0 Å². The zero-order chi connectivity index (χ0) is 11.2. The van der Waals surface area contributed by atoms with Crippen molar-refractivity contribution in [2.45, 2.75) is 65.1 Å². The maximum absolute atomic E-state index is 10.5. The molecule has 1 fully saturated rings. The predicted octanol–water partition coefficient (Wildman–Crippen LogP) is 2.33. The summed E-state index contributed by atoms with van der Waals surface area (Å²) in [5.41, 5.74) is -1.79. The molecule has 14 heavy (non-hydrogen) atoms. The Morgan fingerprint density at radius 3 is 2.07 bits per heavy atom. The Balaban J connectivity index is 2.90. The van der Waals surface area contributed by atoms with Gasteiger partial charge in [-0.05, 0) is 44.4 Å². The van der Waals surface area contributed by atoms with Gasteiger partial charge in [-0.15, -0.1) is 0 Å².